The molecular weight excluding hydrogens is 486 g/mol. The van der Waals surface area contributed by atoms with Gasteiger partial charge in [-0.3, -0.25) is 0 Å². The Labute approximate surface area is 201 Å². The van der Waals surface area contributed by atoms with Crippen LogP contribution in [0, 0.1) is 23.1 Å². The summed E-state index contributed by atoms with van der Waals surface area (Å²) in [5, 5.41) is 28.7. The first kappa shape index (κ1) is 24.2. The van der Waals surface area contributed by atoms with Crippen molar-refractivity contribution in [2.75, 3.05) is 18.1 Å². The highest BCUT2D eigenvalue weighted by molar-refractivity contribution is 5.93. The number of fused-ring (bicyclic) bond motifs is 2. The van der Waals surface area contributed by atoms with Gasteiger partial charge in [0.1, 0.15) is 11.2 Å². The van der Waals surface area contributed by atoms with Crippen molar-refractivity contribution in [3.05, 3.63) is 63.8 Å². The van der Waals surface area contributed by atoms with Gasteiger partial charge in [0.15, 0.2) is 5.82 Å². The van der Waals surface area contributed by atoms with Crippen LogP contribution in [0.15, 0.2) is 41.2 Å². The van der Waals surface area contributed by atoms with Crippen LogP contribution < -0.4 is 10.6 Å². The molecule has 0 atom stereocenters. The number of halogens is 4. The van der Waals surface area contributed by atoms with E-state index in [0.717, 1.165) is 6.07 Å². The Morgan fingerprint density at radius 1 is 1.08 bits per heavy atom. The maximum atomic E-state index is 15.0. The SMILES string of the molecule is O=c1nc(N2CCOCc3c(C#CC4(C(F)(F)F)CC4)cccc32)c2c(F)cccc2n1C(O)(O)O. The number of hydrogen-bond acceptors (Lipinski definition) is 7. The average molecular weight is 505 g/mol. The van der Waals surface area contributed by atoms with E-state index in [2.05, 4.69) is 16.8 Å². The Bertz CT molecular complexity index is 1480. The Hall–Kier alpha value is -3.50. The van der Waals surface area contributed by atoms with Gasteiger partial charge >= 0.3 is 18.0 Å². The number of alkyl halides is 3. The third-order valence-electron chi connectivity index (χ3n) is 6.28. The molecule has 1 saturated carbocycles. The lowest BCUT2D eigenvalue weighted by atomic mass is 10.0. The van der Waals surface area contributed by atoms with E-state index in [9.17, 15) is 33.3 Å². The number of benzene rings is 2. The molecule has 2 aromatic carbocycles. The molecule has 1 aromatic heterocycles. The largest absolute Gasteiger partial charge is 0.405 e. The van der Waals surface area contributed by atoms with E-state index >= 15 is 4.39 Å². The Morgan fingerprint density at radius 3 is 2.47 bits per heavy atom. The lowest BCUT2D eigenvalue weighted by Gasteiger charge is -2.27. The first-order valence-electron chi connectivity index (χ1n) is 10.9. The Balaban J connectivity index is 1.70. The molecule has 0 saturated heterocycles. The molecule has 5 rings (SSSR count). The van der Waals surface area contributed by atoms with Gasteiger partial charge in [-0.1, -0.05) is 24.0 Å². The standard InChI is InChI=1S/C24H19F4N3O5/c25-16-4-2-6-18-19(16)20(29-21(32)31(18)24(33,34)35)30-11-12-36-13-15-14(3-1-5-17(15)30)7-8-22(9-10-22)23(26,27)28/h1-6,33-35H,9-13H2. The monoisotopic (exact) mass is 505 g/mol. The van der Waals surface area contributed by atoms with Crippen molar-refractivity contribution in [2.45, 2.75) is 31.7 Å². The van der Waals surface area contributed by atoms with Crippen molar-refractivity contribution >= 4 is 22.4 Å². The highest BCUT2D eigenvalue weighted by Gasteiger charge is 2.62. The number of nitrogens with zero attached hydrogens (tertiary/aromatic N) is 3. The van der Waals surface area contributed by atoms with Gasteiger partial charge < -0.3 is 25.0 Å². The van der Waals surface area contributed by atoms with Gasteiger partial charge in [-0.25, -0.2) is 13.8 Å². The number of anilines is 2. The second kappa shape index (κ2) is 8.28. The molecule has 0 spiro atoms. The van der Waals surface area contributed by atoms with E-state index in [4.69, 9.17) is 4.74 Å². The maximum Gasteiger partial charge on any atom is 0.405 e. The average Bonchev–Trinajstić information content (AvgIpc) is 3.60. The highest BCUT2D eigenvalue weighted by Crippen LogP contribution is 2.57. The van der Waals surface area contributed by atoms with Crippen molar-refractivity contribution in [3.8, 4) is 11.8 Å². The summed E-state index contributed by atoms with van der Waals surface area (Å²) in [6, 6.07) is 8.21. The molecule has 188 valence electrons. The number of aromatic nitrogens is 2. The number of hydrogen-bond donors (Lipinski definition) is 3. The van der Waals surface area contributed by atoms with Crippen LogP contribution in [0.25, 0.3) is 10.9 Å². The van der Waals surface area contributed by atoms with E-state index in [1.54, 1.807) is 18.2 Å². The number of aliphatic hydroxyl groups is 3. The summed E-state index contributed by atoms with van der Waals surface area (Å²) in [6.45, 7) is 0.178. The summed E-state index contributed by atoms with van der Waals surface area (Å²) in [6.07, 6.45) is -8.24. The molecule has 3 aromatic rings. The van der Waals surface area contributed by atoms with Crippen molar-refractivity contribution in [1.29, 1.82) is 0 Å². The van der Waals surface area contributed by atoms with Gasteiger partial charge in [-0.05, 0) is 37.1 Å². The van der Waals surface area contributed by atoms with Crippen LogP contribution in [-0.4, -0.2) is 44.2 Å². The summed E-state index contributed by atoms with van der Waals surface area (Å²) in [5.41, 5.74) is -2.56. The van der Waals surface area contributed by atoms with Gasteiger partial charge in [0.05, 0.1) is 24.1 Å². The molecule has 0 amide bonds. The maximum absolute atomic E-state index is 15.0. The molecule has 1 aliphatic heterocycles. The summed E-state index contributed by atoms with van der Waals surface area (Å²) >= 11 is 0. The van der Waals surface area contributed by atoms with Crippen LogP contribution in [0.3, 0.4) is 0 Å². The number of ether oxygens (including phenoxy) is 1. The molecule has 0 bridgehead atoms. The molecule has 1 fully saturated rings. The third kappa shape index (κ3) is 4.00. The van der Waals surface area contributed by atoms with Crippen LogP contribution in [0.5, 0.6) is 0 Å². The van der Waals surface area contributed by atoms with E-state index in [1.807, 2.05) is 0 Å². The van der Waals surface area contributed by atoms with Gasteiger partial charge in [0, 0.05) is 23.4 Å². The normalized spacial score (nSPS) is 17.2. The minimum atomic E-state index is -4.44. The van der Waals surface area contributed by atoms with Gasteiger partial charge in [-0.2, -0.15) is 18.2 Å². The number of rotatable bonds is 2. The lowest BCUT2D eigenvalue weighted by molar-refractivity contribution is -0.374. The van der Waals surface area contributed by atoms with Gasteiger partial charge in [-0.15, -0.1) is 0 Å². The molecule has 2 aliphatic rings. The van der Waals surface area contributed by atoms with Gasteiger partial charge in [0.2, 0.25) is 0 Å². The zero-order valence-electron chi connectivity index (χ0n) is 18.5. The predicted molar refractivity (Wildman–Crippen MR) is 118 cm³/mol. The highest BCUT2D eigenvalue weighted by atomic mass is 19.4. The summed E-state index contributed by atoms with van der Waals surface area (Å²) in [7, 11) is 0. The van der Waals surface area contributed by atoms with Crippen LogP contribution >= 0.6 is 0 Å². The summed E-state index contributed by atoms with van der Waals surface area (Å²) < 4.78 is 60.9. The van der Waals surface area contributed by atoms with Crippen LogP contribution in [0.1, 0.15) is 24.0 Å². The van der Waals surface area contributed by atoms with Crippen molar-refractivity contribution in [2.24, 2.45) is 5.41 Å². The lowest BCUT2D eigenvalue weighted by Crippen LogP contribution is -2.43. The van der Waals surface area contributed by atoms with Crippen molar-refractivity contribution in [1.82, 2.24) is 9.55 Å². The summed E-state index contributed by atoms with van der Waals surface area (Å²) in [4.78, 5) is 18.0. The first-order valence-corrected chi connectivity index (χ1v) is 10.9. The Morgan fingerprint density at radius 2 is 1.81 bits per heavy atom. The topological polar surface area (TPSA) is 108 Å². The molecule has 0 unspecified atom stereocenters. The van der Waals surface area contributed by atoms with Crippen LogP contribution in [0.4, 0.5) is 29.1 Å². The zero-order valence-corrected chi connectivity index (χ0v) is 18.5. The third-order valence-corrected chi connectivity index (χ3v) is 6.28. The fourth-order valence-electron chi connectivity index (χ4n) is 4.26. The Kier molecular flexibility index (Phi) is 5.57. The van der Waals surface area contributed by atoms with Gasteiger partial charge in [0.25, 0.3) is 0 Å². The van der Waals surface area contributed by atoms with E-state index in [1.165, 1.54) is 17.0 Å². The van der Waals surface area contributed by atoms with Crippen LogP contribution in [0.2, 0.25) is 0 Å². The fraction of sp³-hybridized carbons (Fsp3) is 0.333. The van der Waals surface area contributed by atoms with E-state index in [-0.39, 0.29) is 59.5 Å². The zero-order chi connectivity index (χ0) is 25.9. The van der Waals surface area contributed by atoms with Crippen molar-refractivity contribution in [3.63, 3.8) is 0 Å². The minimum Gasteiger partial charge on any atom is -0.375 e. The predicted octanol–water partition coefficient (Wildman–Crippen LogP) is 2.44. The summed E-state index contributed by atoms with van der Waals surface area (Å²) in [5.74, 6) is 3.94. The van der Waals surface area contributed by atoms with E-state index in [0.29, 0.717) is 11.3 Å². The fourth-order valence-corrected chi connectivity index (χ4v) is 4.26. The minimum absolute atomic E-state index is 0.000214. The second-order valence-electron chi connectivity index (χ2n) is 8.62. The molecule has 36 heavy (non-hydrogen) atoms. The molecule has 0 radical (unpaired) electrons. The molecule has 12 heteroatoms. The quantitative estimate of drug-likeness (QED) is 0.279. The first-order chi connectivity index (χ1) is 16.9. The molecular formula is C24H19F4N3O5. The molecule has 2 heterocycles. The molecule has 8 nitrogen and oxygen atoms in total. The molecule has 1 aliphatic carbocycles. The van der Waals surface area contributed by atoms with Crippen molar-refractivity contribution < 1.29 is 37.6 Å². The second-order valence-corrected chi connectivity index (χ2v) is 8.62. The van der Waals surface area contributed by atoms with Crippen LogP contribution in [-0.2, 0) is 17.4 Å². The molecule has 3 N–H and O–H groups in total. The van der Waals surface area contributed by atoms with E-state index < -0.39 is 29.2 Å². The smallest absolute Gasteiger partial charge is 0.375 e.